The number of carbonyl (C=O) groups is 2. The molecule has 4 rings (SSSR count). The third-order valence-corrected chi connectivity index (χ3v) is 6.41. The van der Waals surface area contributed by atoms with Gasteiger partial charge in [0.1, 0.15) is 5.76 Å². The molecule has 0 spiro atoms. The van der Waals surface area contributed by atoms with E-state index in [1.807, 2.05) is 0 Å². The highest BCUT2D eigenvalue weighted by Crippen LogP contribution is 2.19. The predicted octanol–water partition coefficient (Wildman–Crippen LogP) is 3.43. The lowest BCUT2D eigenvalue weighted by Crippen LogP contribution is -2.50. The molecule has 1 aliphatic heterocycles. The van der Waals surface area contributed by atoms with Crippen molar-refractivity contribution in [1.29, 1.82) is 0 Å². The molecule has 0 N–H and O–H groups in total. The Kier molecular flexibility index (Phi) is 6.06. The summed E-state index contributed by atoms with van der Waals surface area (Å²) >= 11 is 5.85. The Morgan fingerprint density at radius 1 is 0.900 bits per heavy atom. The molecule has 3 heterocycles. The Morgan fingerprint density at radius 2 is 1.53 bits per heavy atom. The van der Waals surface area contributed by atoms with Crippen LogP contribution in [0.2, 0.25) is 5.02 Å². The quantitative estimate of drug-likeness (QED) is 0.599. The van der Waals surface area contributed by atoms with E-state index < -0.39 is 10.8 Å². The van der Waals surface area contributed by atoms with Crippen molar-refractivity contribution in [1.82, 2.24) is 9.80 Å². The van der Waals surface area contributed by atoms with Crippen LogP contribution in [0.5, 0.6) is 0 Å². The van der Waals surface area contributed by atoms with Crippen molar-refractivity contribution in [3.63, 3.8) is 0 Å². The molecule has 30 heavy (non-hydrogen) atoms. The van der Waals surface area contributed by atoms with Crippen LogP contribution in [0.3, 0.4) is 0 Å². The molecule has 0 saturated carbocycles. The van der Waals surface area contributed by atoms with Crippen LogP contribution in [0.4, 0.5) is 0 Å². The lowest BCUT2D eigenvalue weighted by Gasteiger charge is -2.33. The molecule has 0 aliphatic carbocycles. The van der Waals surface area contributed by atoms with E-state index in [4.69, 9.17) is 20.4 Å². The minimum absolute atomic E-state index is 0.167. The minimum atomic E-state index is -1.30. The van der Waals surface area contributed by atoms with Crippen molar-refractivity contribution in [3.8, 4) is 0 Å². The van der Waals surface area contributed by atoms with Crippen LogP contribution in [0.15, 0.2) is 68.5 Å². The molecule has 1 atom stereocenters. The van der Waals surface area contributed by atoms with E-state index in [0.717, 1.165) is 0 Å². The van der Waals surface area contributed by atoms with E-state index in [9.17, 15) is 13.8 Å². The van der Waals surface area contributed by atoms with Gasteiger partial charge in [0.2, 0.25) is 0 Å². The fraction of sp³-hybridized carbons (Fsp3) is 0.238. The summed E-state index contributed by atoms with van der Waals surface area (Å²) in [6.07, 6.45) is 1.46. The lowest BCUT2D eigenvalue weighted by molar-refractivity contribution is 0.0501. The van der Waals surface area contributed by atoms with Gasteiger partial charge >= 0.3 is 0 Å². The first kappa shape index (κ1) is 20.4. The Morgan fingerprint density at radius 3 is 2.13 bits per heavy atom. The maximum Gasteiger partial charge on any atom is 0.289 e. The van der Waals surface area contributed by atoms with Gasteiger partial charge in [-0.05, 0) is 48.5 Å². The summed E-state index contributed by atoms with van der Waals surface area (Å²) in [4.78, 5) is 29.0. The van der Waals surface area contributed by atoms with Crippen molar-refractivity contribution in [2.75, 3.05) is 26.2 Å². The average Bonchev–Trinajstić information content (AvgIpc) is 3.46. The zero-order valence-electron chi connectivity index (χ0n) is 16.0. The lowest BCUT2D eigenvalue weighted by atomic mass is 10.2. The molecular formula is C21H19ClN2O5S. The molecule has 7 nitrogen and oxygen atoms in total. The second-order valence-corrected chi connectivity index (χ2v) is 8.66. The topological polar surface area (TPSA) is 84.0 Å². The highest BCUT2D eigenvalue weighted by atomic mass is 35.5. The van der Waals surface area contributed by atoms with Gasteiger partial charge in [0.05, 0.1) is 22.8 Å². The Bertz CT molecular complexity index is 1050. The second kappa shape index (κ2) is 8.89. The van der Waals surface area contributed by atoms with Gasteiger partial charge in [0.25, 0.3) is 11.8 Å². The minimum Gasteiger partial charge on any atom is -0.459 e. The standard InChI is InChI=1S/C21H19ClN2O5S/c22-15-3-6-17(7-4-15)30(27)14-16-5-8-19(29-16)21(26)24-11-9-23(10-12-24)20(25)18-2-1-13-28-18/h1-8,13H,9-12,14H2/t30-/m0/s1. The van der Waals surface area contributed by atoms with Gasteiger partial charge in [-0.15, -0.1) is 0 Å². The molecule has 0 radical (unpaired) electrons. The summed E-state index contributed by atoms with van der Waals surface area (Å²) in [5.74, 6) is 0.697. The summed E-state index contributed by atoms with van der Waals surface area (Å²) in [7, 11) is -1.30. The number of amides is 2. The Balaban J connectivity index is 1.33. The molecule has 2 aromatic heterocycles. The van der Waals surface area contributed by atoms with Gasteiger partial charge in [0, 0.05) is 36.1 Å². The third kappa shape index (κ3) is 4.49. The van der Waals surface area contributed by atoms with E-state index in [2.05, 4.69) is 0 Å². The molecule has 156 valence electrons. The molecule has 1 saturated heterocycles. The molecule has 1 fully saturated rings. The average molecular weight is 447 g/mol. The van der Waals surface area contributed by atoms with Crippen molar-refractivity contribution in [3.05, 3.63) is 77.1 Å². The summed E-state index contributed by atoms with van der Waals surface area (Å²) < 4.78 is 23.3. The monoisotopic (exact) mass is 446 g/mol. The number of furan rings is 2. The summed E-state index contributed by atoms with van der Waals surface area (Å²) in [5, 5.41) is 0.576. The third-order valence-electron chi connectivity index (χ3n) is 4.81. The maximum atomic E-state index is 12.7. The highest BCUT2D eigenvalue weighted by molar-refractivity contribution is 7.84. The smallest absolute Gasteiger partial charge is 0.289 e. The van der Waals surface area contributed by atoms with Crippen LogP contribution in [-0.4, -0.2) is 52.0 Å². The van der Waals surface area contributed by atoms with Crippen molar-refractivity contribution >= 4 is 34.2 Å². The number of piperazine rings is 1. The number of nitrogens with zero attached hydrogens (tertiary/aromatic N) is 2. The van der Waals surface area contributed by atoms with Crippen LogP contribution >= 0.6 is 11.6 Å². The van der Waals surface area contributed by atoms with Gasteiger partial charge in [-0.3, -0.25) is 13.8 Å². The number of halogens is 1. The molecule has 1 aromatic carbocycles. The fourth-order valence-electron chi connectivity index (χ4n) is 3.19. The highest BCUT2D eigenvalue weighted by Gasteiger charge is 2.28. The van der Waals surface area contributed by atoms with Crippen LogP contribution in [0.1, 0.15) is 26.9 Å². The van der Waals surface area contributed by atoms with Gasteiger partial charge in [0.15, 0.2) is 11.5 Å². The van der Waals surface area contributed by atoms with Crippen LogP contribution in [0, 0.1) is 0 Å². The van der Waals surface area contributed by atoms with Crippen molar-refractivity contribution in [2.24, 2.45) is 0 Å². The van der Waals surface area contributed by atoms with Gasteiger partial charge in [-0.2, -0.15) is 0 Å². The van der Waals surface area contributed by atoms with E-state index >= 15 is 0 Å². The molecular weight excluding hydrogens is 428 g/mol. The van der Waals surface area contributed by atoms with Crippen LogP contribution < -0.4 is 0 Å². The summed E-state index contributed by atoms with van der Waals surface area (Å²) in [6.45, 7) is 1.63. The number of rotatable bonds is 5. The summed E-state index contributed by atoms with van der Waals surface area (Å²) in [5.41, 5.74) is 0. The number of hydrogen-bond acceptors (Lipinski definition) is 5. The van der Waals surface area contributed by atoms with Crippen molar-refractivity contribution in [2.45, 2.75) is 10.6 Å². The molecule has 9 heteroatoms. The van der Waals surface area contributed by atoms with Crippen LogP contribution in [0.25, 0.3) is 0 Å². The maximum absolute atomic E-state index is 12.7. The molecule has 0 bridgehead atoms. The van der Waals surface area contributed by atoms with E-state index in [1.165, 1.54) is 6.26 Å². The predicted molar refractivity (Wildman–Crippen MR) is 111 cm³/mol. The Labute approximate surface area is 180 Å². The first-order valence-corrected chi connectivity index (χ1v) is 11.1. The molecule has 2 amide bonds. The second-order valence-electron chi connectivity index (χ2n) is 6.77. The van der Waals surface area contributed by atoms with Gasteiger partial charge in [-0.25, -0.2) is 0 Å². The number of hydrogen-bond donors (Lipinski definition) is 0. The zero-order chi connectivity index (χ0) is 21.1. The largest absolute Gasteiger partial charge is 0.459 e. The molecule has 0 unspecified atom stereocenters. The van der Waals surface area contributed by atoms with Gasteiger partial charge < -0.3 is 18.6 Å². The SMILES string of the molecule is O=C(c1ccco1)N1CCN(C(=O)c2ccc(C[S@](=O)c3ccc(Cl)cc3)o2)CC1. The van der Waals surface area contributed by atoms with E-state index in [-0.39, 0.29) is 23.3 Å². The number of carbonyl (C=O) groups excluding carboxylic acids is 2. The van der Waals surface area contributed by atoms with E-state index in [0.29, 0.717) is 47.6 Å². The number of benzene rings is 1. The summed E-state index contributed by atoms with van der Waals surface area (Å²) in [6, 6.07) is 13.3. The van der Waals surface area contributed by atoms with Gasteiger partial charge in [-0.1, -0.05) is 11.6 Å². The first-order chi connectivity index (χ1) is 14.5. The fourth-order valence-corrected chi connectivity index (χ4v) is 4.34. The van der Waals surface area contributed by atoms with Crippen LogP contribution in [-0.2, 0) is 16.6 Å². The van der Waals surface area contributed by atoms with E-state index in [1.54, 1.807) is 58.3 Å². The zero-order valence-corrected chi connectivity index (χ0v) is 17.5. The normalized spacial score (nSPS) is 15.2. The van der Waals surface area contributed by atoms with Crippen molar-refractivity contribution < 1.29 is 22.6 Å². The molecule has 3 aromatic rings. The molecule has 1 aliphatic rings. The Hall–Kier alpha value is -2.84. The first-order valence-electron chi connectivity index (χ1n) is 9.36.